The van der Waals surface area contributed by atoms with Gasteiger partial charge in [-0.1, -0.05) is 28.1 Å². The maximum Gasteiger partial charge on any atom is 0.0892 e. The summed E-state index contributed by atoms with van der Waals surface area (Å²) in [6, 6.07) is 5.92. The van der Waals surface area contributed by atoms with Crippen molar-refractivity contribution in [3.05, 3.63) is 50.2 Å². The Kier molecular flexibility index (Phi) is 5.95. The fourth-order valence-electron chi connectivity index (χ4n) is 2.27. The molecule has 1 aromatic heterocycles. The molecule has 2 rings (SSSR count). The molecule has 0 saturated carbocycles. The first-order valence-electron chi connectivity index (χ1n) is 6.51. The Hall–Kier alpha value is -0.730. The quantitative estimate of drug-likeness (QED) is 0.560. The number of hydrazine groups is 1. The molecule has 1 aromatic carbocycles. The first-order chi connectivity index (χ1) is 10.1. The highest BCUT2D eigenvalue weighted by atomic mass is 79.9. The lowest BCUT2D eigenvalue weighted by atomic mass is 9.99. The molecule has 0 saturated heterocycles. The Morgan fingerprint density at radius 2 is 2.14 bits per heavy atom. The number of ether oxygens (including phenoxy) is 1. The number of hydrogen-bond donors (Lipinski definition) is 2. The topological polar surface area (TPSA) is 65.1 Å². The van der Waals surface area contributed by atoms with Gasteiger partial charge in [-0.3, -0.25) is 10.5 Å². The molecule has 1 unspecified atom stereocenters. The predicted molar refractivity (Wildman–Crippen MR) is 89.8 cm³/mol. The van der Waals surface area contributed by atoms with Crippen molar-refractivity contribution in [3.63, 3.8) is 0 Å². The van der Waals surface area contributed by atoms with Gasteiger partial charge in [-0.25, -0.2) is 5.43 Å². The Morgan fingerprint density at radius 1 is 1.38 bits per heavy atom. The number of aromatic nitrogens is 2. The number of nitrogens with two attached hydrogens (primary N) is 1. The van der Waals surface area contributed by atoms with E-state index >= 15 is 0 Å². The van der Waals surface area contributed by atoms with Gasteiger partial charge in [0, 0.05) is 11.6 Å². The minimum absolute atomic E-state index is 0.156. The molecule has 0 aliphatic rings. The van der Waals surface area contributed by atoms with Gasteiger partial charge >= 0.3 is 0 Å². The van der Waals surface area contributed by atoms with E-state index in [9.17, 15) is 0 Å². The third kappa shape index (κ3) is 3.54. The normalized spacial score (nSPS) is 12.6. The summed E-state index contributed by atoms with van der Waals surface area (Å²) in [5.74, 6) is 5.82. The first-order valence-corrected chi connectivity index (χ1v) is 8.10. The number of benzene rings is 1. The van der Waals surface area contributed by atoms with Gasteiger partial charge in [0.1, 0.15) is 0 Å². The van der Waals surface area contributed by atoms with Gasteiger partial charge in [-0.15, -0.1) is 0 Å². The number of halogens is 2. The standard InChI is InChI=1S/C14H18Br2N4O/c1-9-10(4-3-5-11(9)15)13(19-17)14-12(16)8-18-20(14)6-7-21-2/h3-5,8,13,19H,6-7,17H2,1-2H3. The molecule has 114 valence electrons. The molecule has 0 aliphatic carbocycles. The Morgan fingerprint density at radius 3 is 2.81 bits per heavy atom. The molecule has 0 amide bonds. The Bertz CT molecular complexity index is 615. The zero-order valence-electron chi connectivity index (χ0n) is 11.9. The molecule has 0 radical (unpaired) electrons. The van der Waals surface area contributed by atoms with Crippen molar-refractivity contribution in [2.24, 2.45) is 5.84 Å². The van der Waals surface area contributed by atoms with Crippen molar-refractivity contribution < 1.29 is 4.74 Å². The molecule has 1 heterocycles. The molecule has 0 spiro atoms. The SMILES string of the molecule is COCCn1ncc(Br)c1C(NN)c1cccc(Br)c1C. The van der Waals surface area contributed by atoms with E-state index < -0.39 is 0 Å². The van der Waals surface area contributed by atoms with Gasteiger partial charge in [0.25, 0.3) is 0 Å². The van der Waals surface area contributed by atoms with Crippen LogP contribution >= 0.6 is 31.9 Å². The lowest BCUT2D eigenvalue weighted by Crippen LogP contribution is -2.32. The molecular weight excluding hydrogens is 400 g/mol. The highest BCUT2D eigenvalue weighted by Crippen LogP contribution is 2.32. The van der Waals surface area contributed by atoms with Crippen molar-refractivity contribution in [2.75, 3.05) is 13.7 Å². The van der Waals surface area contributed by atoms with Crippen molar-refractivity contribution in [1.82, 2.24) is 15.2 Å². The first kappa shape index (κ1) is 16.6. The highest BCUT2D eigenvalue weighted by Gasteiger charge is 2.22. The van der Waals surface area contributed by atoms with Crippen LogP contribution in [0.25, 0.3) is 0 Å². The van der Waals surface area contributed by atoms with Crippen molar-refractivity contribution >= 4 is 31.9 Å². The third-order valence-electron chi connectivity index (χ3n) is 3.40. The Balaban J connectivity index is 2.46. The maximum atomic E-state index is 5.82. The van der Waals surface area contributed by atoms with Crippen LogP contribution in [0.1, 0.15) is 22.9 Å². The summed E-state index contributed by atoms with van der Waals surface area (Å²) in [6.07, 6.45) is 1.78. The molecule has 21 heavy (non-hydrogen) atoms. The van der Waals surface area contributed by atoms with E-state index in [2.05, 4.69) is 55.4 Å². The number of rotatable bonds is 6. The number of hydrogen-bond acceptors (Lipinski definition) is 4. The molecule has 0 fully saturated rings. The summed E-state index contributed by atoms with van der Waals surface area (Å²) in [4.78, 5) is 0. The predicted octanol–water partition coefficient (Wildman–Crippen LogP) is 2.92. The van der Waals surface area contributed by atoms with E-state index in [-0.39, 0.29) is 6.04 Å². The second-order valence-corrected chi connectivity index (χ2v) is 6.36. The second-order valence-electron chi connectivity index (χ2n) is 4.65. The molecule has 3 N–H and O–H groups in total. The third-order valence-corrected chi connectivity index (χ3v) is 4.87. The summed E-state index contributed by atoms with van der Waals surface area (Å²) in [5.41, 5.74) is 6.12. The zero-order valence-corrected chi connectivity index (χ0v) is 15.1. The van der Waals surface area contributed by atoms with Crippen LogP contribution in [0, 0.1) is 6.92 Å². The van der Waals surface area contributed by atoms with Gasteiger partial charge in [0.05, 0.1) is 35.6 Å². The van der Waals surface area contributed by atoms with E-state index in [4.69, 9.17) is 10.6 Å². The summed E-state index contributed by atoms with van der Waals surface area (Å²) >= 11 is 7.12. The van der Waals surface area contributed by atoms with E-state index in [1.807, 2.05) is 16.8 Å². The summed E-state index contributed by atoms with van der Waals surface area (Å²) in [5, 5.41) is 4.38. The van der Waals surface area contributed by atoms with Gasteiger partial charge in [-0.2, -0.15) is 5.10 Å². The van der Waals surface area contributed by atoms with Crippen LogP contribution in [-0.2, 0) is 11.3 Å². The van der Waals surface area contributed by atoms with Crippen LogP contribution in [-0.4, -0.2) is 23.5 Å². The van der Waals surface area contributed by atoms with Gasteiger partial charge < -0.3 is 4.74 Å². The van der Waals surface area contributed by atoms with Gasteiger partial charge in [0.2, 0.25) is 0 Å². The van der Waals surface area contributed by atoms with Gasteiger partial charge in [0.15, 0.2) is 0 Å². The lowest BCUT2D eigenvalue weighted by Gasteiger charge is -2.21. The molecule has 2 aromatic rings. The van der Waals surface area contributed by atoms with Crippen LogP contribution in [0.3, 0.4) is 0 Å². The summed E-state index contributed by atoms with van der Waals surface area (Å²) in [6.45, 7) is 3.33. The second kappa shape index (κ2) is 7.51. The monoisotopic (exact) mass is 416 g/mol. The van der Waals surface area contributed by atoms with Crippen LogP contribution in [0.4, 0.5) is 0 Å². The van der Waals surface area contributed by atoms with E-state index in [0.29, 0.717) is 13.2 Å². The van der Waals surface area contributed by atoms with Crippen LogP contribution < -0.4 is 11.3 Å². The largest absolute Gasteiger partial charge is 0.383 e. The Labute approximate surface area is 141 Å². The minimum Gasteiger partial charge on any atom is -0.383 e. The fraction of sp³-hybridized carbons (Fsp3) is 0.357. The molecule has 0 aliphatic heterocycles. The van der Waals surface area contributed by atoms with Crippen LogP contribution in [0.2, 0.25) is 0 Å². The number of nitrogens with zero attached hydrogens (tertiary/aromatic N) is 2. The minimum atomic E-state index is -0.156. The summed E-state index contributed by atoms with van der Waals surface area (Å²) < 4.78 is 9.01. The zero-order chi connectivity index (χ0) is 15.4. The lowest BCUT2D eigenvalue weighted by molar-refractivity contribution is 0.182. The number of nitrogens with one attached hydrogen (secondary N) is 1. The molecular formula is C14H18Br2N4O. The maximum absolute atomic E-state index is 5.82. The van der Waals surface area contributed by atoms with Crippen LogP contribution in [0.15, 0.2) is 33.3 Å². The molecule has 0 bridgehead atoms. The molecule has 7 heteroatoms. The van der Waals surface area contributed by atoms with Crippen molar-refractivity contribution in [2.45, 2.75) is 19.5 Å². The number of methoxy groups -OCH3 is 1. The highest BCUT2D eigenvalue weighted by molar-refractivity contribution is 9.10. The van der Waals surface area contributed by atoms with Gasteiger partial charge in [-0.05, 0) is 40.0 Å². The van der Waals surface area contributed by atoms with E-state index in [1.165, 1.54) is 0 Å². The van der Waals surface area contributed by atoms with E-state index in [0.717, 1.165) is 25.8 Å². The van der Waals surface area contributed by atoms with E-state index in [1.54, 1.807) is 13.3 Å². The van der Waals surface area contributed by atoms with Crippen molar-refractivity contribution in [1.29, 1.82) is 0 Å². The summed E-state index contributed by atoms with van der Waals surface area (Å²) in [7, 11) is 1.68. The van der Waals surface area contributed by atoms with Crippen LogP contribution in [0.5, 0.6) is 0 Å². The smallest absolute Gasteiger partial charge is 0.0892 e. The average molecular weight is 418 g/mol. The van der Waals surface area contributed by atoms with Crippen molar-refractivity contribution in [3.8, 4) is 0 Å². The average Bonchev–Trinajstić information content (AvgIpc) is 2.83. The fourth-order valence-corrected chi connectivity index (χ4v) is 3.17. The molecule has 5 nitrogen and oxygen atoms in total. The molecule has 1 atom stereocenters.